The Morgan fingerprint density at radius 2 is 1.88 bits per heavy atom. The first-order chi connectivity index (χ1) is 12.5. The molecule has 1 amide bonds. The number of carboxylic acids is 2. The molecule has 0 aliphatic rings. The van der Waals surface area contributed by atoms with E-state index in [0.29, 0.717) is 18.8 Å². The van der Waals surface area contributed by atoms with Crippen LogP contribution in [0.3, 0.4) is 0 Å². The molecule has 10 heteroatoms. The number of carboxylic acid groups (broad SMARTS) is 2. The van der Waals surface area contributed by atoms with E-state index in [1.807, 2.05) is 30.3 Å². The van der Waals surface area contributed by atoms with E-state index in [2.05, 4.69) is 20.8 Å². The van der Waals surface area contributed by atoms with Crippen molar-refractivity contribution in [2.75, 3.05) is 0 Å². The summed E-state index contributed by atoms with van der Waals surface area (Å²) in [4.78, 5) is 33.8. The van der Waals surface area contributed by atoms with Crippen molar-refractivity contribution in [1.82, 2.24) is 25.5 Å². The standard InChI is InChI=1S/C16H19N5O5/c22-14(17-12(16(25)26)6-7-15(23)24)10-13-18-19-20-21(13)9-8-11-4-2-1-3-5-11/h1-5,12H,6-10H2,(H,17,22)(H,23,24)(H,25,26). The number of hydrogen-bond acceptors (Lipinski definition) is 6. The number of hydrogen-bond donors (Lipinski definition) is 3. The Balaban J connectivity index is 1.91. The third-order valence-corrected chi connectivity index (χ3v) is 3.66. The van der Waals surface area contributed by atoms with Crippen molar-refractivity contribution >= 4 is 17.8 Å². The van der Waals surface area contributed by atoms with Crippen LogP contribution in [0.15, 0.2) is 30.3 Å². The first kappa shape index (κ1) is 19.0. The first-order valence-electron chi connectivity index (χ1n) is 7.98. The number of rotatable bonds is 10. The van der Waals surface area contributed by atoms with Gasteiger partial charge in [0.2, 0.25) is 5.91 Å². The van der Waals surface area contributed by atoms with Gasteiger partial charge in [0.25, 0.3) is 0 Å². The number of carbonyl (C=O) groups is 3. The molecule has 26 heavy (non-hydrogen) atoms. The van der Waals surface area contributed by atoms with Gasteiger partial charge in [-0.2, -0.15) is 0 Å². The molecule has 3 N–H and O–H groups in total. The lowest BCUT2D eigenvalue weighted by molar-refractivity contribution is -0.143. The van der Waals surface area contributed by atoms with Gasteiger partial charge in [-0.25, -0.2) is 9.48 Å². The van der Waals surface area contributed by atoms with Crippen LogP contribution in [0.2, 0.25) is 0 Å². The summed E-state index contributed by atoms with van der Waals surface area (Å²) in [6, 6.07) is 8.43. The Hall–Kier alpha value is -3.30. The smallest absolute Gasteiger partial charge is 0.326 e. The molecular formula is C16H19N5O5. The van der Waals surface area contributed by atoms with Gasteiger partial charge in [0, 0.05) is 13.0 Å². The lowest BCUT2D eigenvalue weighted by Gasteiger charge is -2.13. The SMILES string of the molecule is O=C(O)CCC(NC(=O)Cc1nnnn1CCc1ccccc1)C(=O)O. The van der Waals surface area contributed by atoms with Gasteiger partial charge in [-0.15, -0.1) is 5.10 Å². The Kier molecular flexibility index (Phi) is 6.77. The maximum absolute atomic E-state index is 12.1. The molecule has 0 fully saturated rings. The molecule has 1 aromatic heterocycles. The Morgan fingerprint density at radius 3 is 2.54 bits per heavy atom. The summed E-state index contributed by atoms with van der Waals surface area (Å²) in [6.07, 6.45) is -0.0725. The molecule has 2 rings (SSSR count). The van der Waals surface area contributed by atoms with Gasteiger partial charge in [-0.3, -0.25) is 9.59 Å². The zero-order valence-electron chi connectivity index (χ0n) is 13.9. The average Bonchev–Trinajstić information content (AvgIpc) is 3.04. The number of nitrogens with zero attached hydrogens (tertiary/aromatic N) is 4. The molecule has 1 unspecified atom stereocenters. The molecule has 0 saturated carbocycles. The Labute approximate surface area is 148 Å². The molecule has 10 nitrogen and oxygen atoms in total. The van der Waals surface area contributed by atoms with Crippen molar-refractivity contribution in [3.05, 3.63) is 41.7 Å². The number of aliphatic carboxylic acids is 2. The van der Waals surface area contributed by atoms with Crippen molar-refractivity contribution in [1.29, 1.82) is 0 Å². The number of benzene rings is 1. The Morgan fingerprint density at radius 1 is 1.15 bits per heavy atom. The highest BCUT2D eigenvalue weighted by atomic mass is 16.4. The summed E-state index contributed by atoms with van der Waals surface area (Å²) >= 11 is 0. The highest BCUT2D eigenvalue weighted by Gasteiger charge is 2.22. The highest BCUT2D eigenvalue weighted by molar-refractivity contribution is 5.84. The largest absolute Gasteiger partial charge is 0.481 e. The quantitative estimate of drug-likeness (QED) is 0.531. The molecule has 2 aromatic rings. The summed E-state index contributed by atoms with van der Waals surface area (Å²) in [5.41, 5.74) is 1.10. The molecule has 0 aliphatic carbocycles. The summed E-state index contributed by atoms with van der Waals surface area (Å²) < 4.78 is 1.49. The van der Waals surface area contributed by atoms with Crippen molar-refractivity contribution in [3.63, 3.8) is 0 Å². The fourth-order valence-electron chi connectivity index (χ4n) is 2.32. The van der Waals surface area contributed by atoms with E-state index >= 15 is 0 Å². The van der Waals surface area contributed by atoms with Crippen LogP contribution >= 0.6 is 0 Å². The molecule has 0 radical (unpaired) electrons. The monoisotopic (exact) mass is 361 g/mol. The van der Waals surface area contributed by atoms with Gasteiger partial charge >= 0.3 is 11.9 Å². The summed E-state index contributed by atoms with van der Waals surface area (Å²) in [5, 5.41) is 31.2. The first-order valence-corrected chi connectivity index (χ1v) is 7.98. The van der Waals surface area contributed by atoms with Crippen LogP contribution in [0.1, 0.15) is 24.2 Å². The fraction of sp³-hybridized carbons (Fsp3) is 0.375. The average molecular weight is 361 g/mol. The van der Waals surface area contributed by atoms with Gasteiger partial charge < -0.3 is 15.5 Å². The van der Waals surface area contributed by atoms with Crippen molar-refractivity contribution in [3.8, 4) is 0 Å². The van der Waals surface area contributed by atoms with E-state index < -0.39 is 23.9 Å². The maximum atomic E-state index is 12.1. The number of carbonyl (C=O) groups excluding carboxylic acids is 1. The fourth-order valence-corrected chi connectivity index (χ4v) is 2.32. The lowest BCUT2D eigenvalue weighted by Crippen LogP contribution is -2.42. The van der Waals surface area contributed by atoms with E-state index in [4.69, 9.17) is 10.2 Å². The number of amides is 1. The second kappa shape index (κ2) is 9.25. The molecule has 1 aromatic carbocycles. The third-order valence-electron chi connectivity index (χ3n) is 3.66. The zero-order valence-corrected chi connectivity index (χ0v) is 13.9. The second-order valence-electron chi connectivity index (χ2n) is 5.62. The highest BCUT2D eigenvalue weighted by Crippen LogP contribution is 2.04. The van der Waals surface area contributed by atoms with Crippen LogP contribution in [0.4, 0.5) is 0 Å². The minimum atomic E-state index is -1.29. The number of aromatic nitrogens is 4. The Bertz CT molecular complexity index is 761. The molecule has 0 saturated heterocycles. The molecule has 1 heterocycles. The van der Waals surface area contributed by atoms with Gasteiger partial charge in [-0.05, 0) is 28.8 Å². The summed E-state index contributed by atoms with van der Waals surface area (Å²) in [7, 11) is 0. The number of nitrogens with one attached hydrogen (secondary N) is 1. The molecule has 0 spiro atoms. The molecule has 138 valence electrons. The summed E-state index contributed by atoms with van der Waals surface area (Å²) in [6.45, 7) is 0.473. The number of tetrazole rings is 1. The maximum Gasteiger partial charge on any atom is 0.326 e. The minimum Gasteiger partial charge on any atom is -0.481 e. The van der Waals surface area contributed by atoms with E-state index in [-0.39, 0.29) is 19.3 Å². The van der Waals surface area contributed by atoms with E-state index in [0.717, 1.165) is 5.56 Å². The van der Waals surface area contributed by atoms with Gasteiger partial charge in [0.1, 0.15) is 6.04 Å². The van der Waals surface area contributed by atoms with Crippen LogP contribution in [0.5, 0.6) is 0 Å². The van der Waals surface area contributed by atoms with Crippen LogP contribution in [0.25, 0.3) is 0 Å². The van der Waals surface area contributed by atoms with E-state index in [9.17, 15) is 14.4 Å². The third kappa shape index (κ3) is 5.96. The molecule has 1 atom stereocenters. The zero-order chi connectivity index (χ0) is 18.9. The minimum absolute atomic E-state index is 0.196. The second-order valence-corrected chi connectivity index (χ2v) is 5.62. The van der Waals surface area contributed by atoms with Crippen molar-refractivity contribution < 1.29 is 24.6 Å². The van der Waals surface area contributed by atoms with Crippen LogP contribution in [-0.2, 0) is 33.8 Å². The molecule has 0 bridgehead atoms. The predicted molar refractivity (Wildman–Crippen MR) is 88.1 cm³/mol. The van der Waals surface area contributed by atoms with Gasteiger partial charge in [0.05, 0.1) is 6.42 Å². The topological polar surface area (TPSA) is 147 Å². The van der Waals surface area contributed by atoms with Crippen molar-refractivity contribution in [2.24, 2.45) is 0 Å². The van der Waals surface area contributed by atoms with Gasteiger partial charge in [0.15, 0.2) is 5.82 Å². The van der Waals surface area contributed by atoms with E-state index in [1.165, 1.54) is 4.68 Å². The van der Waals surface area contributed by atoms with Crippen molar-refractivity contribution in [2.45, 2.75) is 38.3 Å². The van der Waals surface area contributed by atoms with Crippen LogP contribution in [-0.4, -0.2) is 54.3 Å². The molecular weight excluding hydrogens is 342 g/mol. The van der Waals surface area contributed by atoms with Crippen LogP contribution < -0.4 is 5.32 Å². The van der Waals surface area contributed by atoms with Crippen LogP contribution in [0, 0.1) is 0 Å². The normalized spacial score (nSPS) is 11.7. The molecule has 0 aliphatic heterocycles. The predicted octanol–water partition coefficient (Wildman–Crippen LogP) is -0.107. The lowest BCUT2D eigenvalue weighted by atomic mass is 10.1. The van der Waals surface area contributed by atoms with Gasteiger partial charge in [-0.1, -0.05) is 30.3 Å². The van der Waals surface area contributed by atoms with E-state index in [1.54, 1.807) is 0 Å². The number of aryl methyl sites for hydroxylation is 2. The summed E-state index contributed by atoms with van der Waals surface area (Å²) in [5.74, 6) is -2.70.